The van der Waals surface area contributed by atoms with Gasteiger partial charge in [-0.05, 0) is 39.7 Å². The van der Waals surface area contributed by atoms with Crippen LogP contribution in [0, 0.1) is 0 Å². The third kappa shape index (κ3) is 1.44. The molecule has 0 aliphatic heterocycles. The average molecular weight is 257 g/mol. The number of rotatable bonds is 0. The molecule has 0 fully saturated rings. The molecule has 0 spiro atoms. The fourth-order valence-corrected chi connectivity index (χ4v) is 2.42. The Kier molecular flexibility index (Phi) is 2.00. The van der Waals surface area contributed by atoms with E-state index in [1.165, 1.54) is 21.5 Å². The van der Waals surface area contributed by atoms with Crippen LogP contribution < -0.4 is 0 Å². The van der Waals surface area contributed by atoms with E-state index in [0.717, 1.165) is 4.47 Å². The van der Waals surface area contributed by atoms with Gasteiger partial charge in [0.25, 0.3) is 0 Å². The van der Waals surface area contributed by atoms with Crippen LogP contribution in [0.25, 0.3) is 21.5 Å². The van der Waals surface area contributed by atoms with Gasteiger partial charge in [-0.25, -0.2) is 0 Å². The van der Waals surface area contributed by atoms with E-state index < -0.39 is 0 Å². The molecule has 0 bridgehead atoms. The number of halogens is 1. The molecule has 3 aromatic carbocycles. The summed E-state index contributed by atoms with van der Waals surface area (Å²) in [5.74, 6) is 0. The minimum atomic E-state index is 1.16. The normalized spacial score (nSPS) is 11.0. The van der Waals surface area contributed by atoms with Crippen LogP contribution in [0.1, 0.15) is 0 Å². The highest BCUT2D eigenvalue weighted by molar-refractivity contribution is 9.10. The predicted molar refractivity (Wildman–Crippen MR) is 69.2 cm³/mol. The molecule has 1 heteroatoms. The van der Waals surface area contributed by atoms with Crippen molar-refractivity contribution < 1.29 is 0 Å². The van der Waals surface area contributed by atoms with Gasteiger partial charge in [0.2, 0.25) is 0 Å². The summed E-state index contributed by atoms with van der Waals surface area (Å²) < 4.78 is 1.16. The lowest BCUT2D eigenvalue weighted by molar-refractivity contribution is 1.73. The fourth-order valence-electron chi connectivity index (χ4n) is 1.93. The second-order valence-corrected chi connectivity index (χ2v) is 4.51. The van der Waals surface area contributed by atoms with Crippen LogP contribution in [0.5, 0.6) is 0 Å². The van der Waals surface area contributed by atoms with Crippen LogP contribution in [-0.4, -0.2) is 0 Å². The average Bonchev–Trinajstić information content (AvgIpc) is 2.27. The van der Waals surface area contributed by atoms with Gasteiger partial charge in [0.15, 0.2) is 0 Å². The Morgan fingerprint density at radius 2 is 1.33 bits per heavy atom. The van der Waals surface area contributed by atoms with E-state index in [2.05, 4.69) is 70.5 Å². The lowest BCUT2D eigenvalue weighted by Gasteiger charge is -2.03. The third-order valence-electron chi connectivity index (χ3n) is 2.69. The fraction of sp³-hybridized carbons (Fsp3) is 0. The molecule has 0 radical (unpaired) electrons. The third-order valence-corrected chi connectivity index (χ3v) is 3.38. The highest BCUT2D eigenvalue weighted by Gasteiger charge is 1.99. The molecule has 3 rings (SSSR count). The van der Waals surface area contributed by atoms with E-state index in [-0.39, 0.29) is 0 Å². The van der Waals surface area contributed by atoms with Gasteiger partial charge in [-0.3, -0.25) is 0 Å². The highest BCUT2D eigenvalue weighted by atomic mass is 79.9. The Bertz CT molecular complexity index is 641. The SMILES string of the molecule is Brc1cccc2cc3ccccc3cc12. The van der Waals surface area contributed by atoms with Crippen LogP contribution in [0.2, 0.25) is 0 Å². The molecule has 0 aromatic heterocycles. The highest BCUT2D eigenvalue weighted by Crippen LogP contribution is 2.28. The summed E-state index contributed by atoms with van der Waals surface area (Å²) in [5.41, 5.74) is 0. The Morgan fingerprint density at radius 1 is 0.667 bits per heavy atom. The number of fused-ring (bicyclic) bond motifs is 2. The van der Waals surface area contributed by atoms with Gasteiger partial charge in [-0.15, -0.1) is 0 Å². The molecule has 15 heavy (non-hydrogen) atoms. The van der Waals surface area contributed by atoms with Crippen molar-refractivity contribution in [3.63, 3.8) is 0 Å². The van der Waals surface area contributed by atoms with Gasteiger partial charge in [-0.1, -0.05) is 52.3 Å². The maximum atomic E-state index is 3.58. The molecular weight excluding hydrogens is 248 g/mol. The van der Waals surface area contributed by atoms with Crippen molar-refractivity contribution in [3.8, 4) is 0 Å². The zero-order valence-electron chi connectivity index (χ0n) is 8.07. The summed E-state index contributed by atoms with van der Waals surface area (Å²) in [5, 5.41) is 5.14. The Labute approximate surface area is 96.7 Å². The van der Waals surface area contributed by atoms with Gasteiger partial charge in [-0.2, -0.15) is 0 Å². The first kappa shape index (κ1) is 8.93. The molecule has 0 saturated heterocycles. The lowest BCUT2D eigenvalue weighted by Crippen LogP contribution is -1.76. The molecule has 0 aliphatic rings. The first-order valence-corrected chi connectivity index (χ1v) is 5.71. The van der Waals surface area contributed by atoms with Crippen LogP contribution in [0.15, 0.2) is 59.1 Å². The van der Waals surface area contributed by atoms with Gasteiger partial charge in [0.1, 0.15) is 0 Å². The van der Waals surface area contributed by atoms with Crippen molar-refractivity contribution >= 4 is 37.5 Å². The smallest absolute Gasteiger partial charge is 0.0253 e. The number of hydrogen-bond donors (Lipinski definition) is 0. The zero-order chi connectivity index (χ0) is 10.3. The molecule has 0 heterocycles. The summed E-state index contributed by atoms with van der Waals surface area (Å²) in [6.45, 7) is 0. The monoisotopic (exact) mass is 256 g/mol. The zero-order valence-corrected chi connectivity index (χ0v) is 9.66. The second kappa shape index (κ2) is 3.35. The lowest BCUT2D eigenvalue weighted by atomic mass is 10.0. The molecule has 0 atom stereocenters. The maximum Gasteiger partial charge on any atom is 0.0253 e. The molecule has 0 aliphatic carbocycles. The maximum absolute atomic E-state index is 3.58. The Balaban J connectivity index is 2.53. The molecule has 0 saturated carbocycles. The van der Waals surface area contributed by atoms with Crippen molar-refractivity contribution in [1.82, 2.24) is 0 Å². The first-order valence-electron chi connectivity index (χ1n) is 4.92. The van der Waals surface area contributed by atoms with Crippen molar-refractivity contribution in [3.05, 3.63) is 59.1 Å². The van der Waals surface area contributed by atoms with Crippen molar-refractivity contribution in [2.75, 3.05) is 0 Å². The summed E-state index contributed by atoms with van der Waals surface area (Å²) in [6.07, 6.45) is 0. The number of hydrogen-bond acceptors (Lipinski definition) is 0. The summed E-state index contributed by atoms with van der Waals surface area (Å²) in [6, 6.07) is 19.2. The van der Waals surface area contributed by atoms with Gasteiger partial charge < -0.3 is 0 Å². The molecule has 0 amide bonds. The van der Waals surface area contributed by atoms with E-state index in [4.69, 9.17) is 0 Å². The largest absolute Gasteiger partial charge is 0.0616 e. The van der Waals surface area contributed by atoms with Crippen molar-refractivity contribution in [2.24, 2.45) is 0 Å². The molecular formula is C14H9Br. The van der Waals surface area contributed by atoms with Crippen LogP contribution in [-0.2, 0) is 0 Å². The second-order valence-electron chi connectivity index (χ2n) is 3.66. The molecule has 3 aromatic rings. The van der Waals surface area contributed by atoms with Crippen LogP contribution in [0.4, 0.5) is 0 Å². The Hall–Kier alpha value is -1.34. The van der Waals surface area contributed by atoms with Crippen LogP contribution in [0.3, 0.4) is 0 Å². The van der Waals surface area contributed by atoms with E-state index in [1.807, 2.05) is 0 Å². The quantitative estimate of drug-likeness (QED) is 0.509. The Morgan fingerprint density at radius 3 is 2.13 bits per heavy atom. The van der Waals surface area contributed by atoms with E-state index in [1.54, 1.807) is 0 Å². The van der Waals surface area contributed by atoms with E-state index in [0.29, 0.717) is 0 Å². The standard InChI is InChI=1S/C14H9Br/c15-14-7-3-6-12-8-10-4-1-2-5-11(10)9-13(12)14/h1-9H. The molecule has 0 nitrogen and oxygen atoms in total. The van der Waals surface area contributed by atoms with E-state index >= 15 is 0 Å². The van der Waals surface area contributed by atoms with Crippen molar-refractivity contribution in [1.29, 1.82) is 0 Å². The molecule has 72 valence electrons. The summed E-state index contributed by atoms with van der Waals surface area (Å²) in [7, 11) is 0. The summed E-state index contributed by atoms with van der Waals surface area (Å²) in [4.78, 5) is 0. The first-order chi connectivity index (χ1) is 7.34. The van der Waals surface area contributed by atoms with Gasteiger partial charge in [0.05, 0.1) is 0 Å². The summed E-state index contributed by atoms with van der Waals surface area (Å²) >= 11 is 3.58. The molecule has 0 unspecified atom stereocenters. The van der Waals surface area contributed by atoms with Gasteiger partial charge in [0, 0.05) is 4.47 Å². The minimum Gasteiger partial charge on any atom is -0.0616 e. The predicted octanol–water partition coefficient (Wildman–Crippen LogP) is 4.76. The van der Waals surface area contributed by atoms with Crippen LogP contribution >= 0.6 is 15.9 Å². The minimum absolute atomic E-state index is 1.16. The topological polar surface area (TPSA) is 0 Å². The molecule has 0 N–H and O–H groups in total. The van der Waals surface area contributed by atoms with E-state index in [9.17, 15) is 0 Å². The van der Waals surface area contributed by atoms with Gasteiger partial charge >= 0.3 is 0 Å². The van der Waals surface area contributed by atoms with Crippen molar-refractivity contribution in [2.45, 2.75) is 0 Å². The number of benzene rings is 3.